The van der Waals surface area contributed by atoms with E-state index in [0.717, 1.165) is 41.5 Å². The number of carbonyl (C=O) groups excluding carboxylic acids is 2. The number of nitrogens with zero attached hydrogens (tertiary/aromatic N) is 6. The van der Waals surface area contributed by atoms with Crippen molar-refractivity contribution in [2.75, 3.05) is 42.8 Å². The van der Waals surface area contributed by atoms with E-state index in [-0.39, 0.29) is 17.8 Å². The lowest BCUT2D eigenvalue weighted by Crippen LogP contribution is -2.48. The zero-order chi connectivity index (χ0) is 24.4. The molecule has 1 aromatic carbocycles. The molecule has 0 unspecified atom stereocenters. The molecule has 5 rings (SSSR count). The second-order valence-corrected chi connectivity index (χ2v) is 9.65. The van der Waals surface area contributed by atoms with Crippen LogP contribution in [0.3, 0.4) is 0 Å². The van der Waals surface area contributed by atoms with Gasteiger partial charge in [-0.05, 0) is 18.1 Å². The smallest absolute Gasteiger partial charge is 0.291 e. The molecule has 2 aromatic heterocycles. The van der Waals surface area contributed by atoms with E-state index in [1.54, 1.807) is 29.9 Å². The Bertz CT molecular complexity index is 1220. The van der Waals surface area contributed by atoms with Crippen LogP contribution in [0.1, 0.15) is 22.6 Å². The minimum Gasteiger partial charge on any atom is -0.380 e. The van der Waals surface area contributed by atoms with Gasteiger partial charge < -0.3 is 19.9 Å². The van der Waals surface area contributed by atoms with Crippen molar-refractivity contribution in [3.05, 3.63) is 60.3 Å². The Labute approximate surface area is 207 Å². The van der Waals surface area contributed by atoms with E-state index in [0.29, 0.717) is 12.3 Å². The molecule has 2 atom stereocenters. The summed E-state index contributed by atoms with van der Waals surface area (Å²) in [6.45, 7) is 2.19. The van der Waals surface area contributed by atoms with E-state index < -0.39 is 11.9 Å². The number of ether oxygens (including phenoxy) is 1. The highest BCUT2D eigenvalue weighted by Gasteiger charge is 2.32. The molecule has 2 aliphatic heterocycles. The standard InChI is InChI=1S/C24H27N7O3S/c1-29-19-11-25-21(30-9-8-17(13-30)34-2)10-20(19)35-14-18(24(29)33)27-23(32)22-26-15-31(28-22)12-16-6-4-3-5-7-16/h3-7,10-11,15,17-18H,8-9,12-14H2,1-2H3,(H,27,32)/t17-,18-/m0/s1. The number of rotatable bonds is 6. The van der Waals surface area contributed by atoms with Crippen LogP contribution in [0.15, 0.2) is 53.8 Å². The number of likely N-dealkylation sites (N-methyl/N-ethyl adjacent to an activating group) is 1. The third-order valence-corrected chi connectivity index (χ3v) is 7.40. The van der Waals surface area contributed by atoms with Crippen LogP contribution in [0.5, 0.6) is 0 Å². The topological polar surface area (TPSA) is 105 Å². The number of thioether (sulfide) groups is 1. The summed E-state index contributed by atoms with van der Waals surface area (Å²) >= 11 is 1.53. The molecule has 3 aromatic rings. The van der Waals surface area contributed by atoms with Gasteiger partial charge in [-0.15, -0.1) is 16.9 Å². The molecule has 4 heterocycles. The van der Waals surface area contributed by atoms with Crippen molar-refractivity contribution in [2.45, 2.75) is 30.0 Å². The van der Waals surface area contributed by atoms with Gasteiger partial charge in [0, 0.05) is 37.9 Å². The fraction of sp³-hybridized carbons (Fsp3) is 0.375. The van der Waals surface area contributed by atoms with E-state index in [9.17, 15) is 9.59 Å². The van der Waals surface area contributed by atoms with Gasteiger partial charge in [0.05, 0.1) is 24.5 Å². The highest BCUT2D eigenvalue weighted by molar-refractivity contribution is 7.99. The monoisotopic (exact) mass is 493 g/mol. The highest BCUT2D eigenvalue weighted by Crippen LogP contribution is 2.36. The van der Waals surface area contributed by atoms with Crippen molar-refractivity contribution < 1.29 is 14.3 Å². The minimum atomic E-state index is -0.709. The molecule has 35 heavy (non-hydrogen) atoms. The molecule has 0 spiro atoms. The van der Waals surface area contributed by atoms with Crippen LogP contribution < -0.4 is 15.1 Å². The molecule has 0 saturated carbocycles. The summed E-state index contributed by atoms with van der Waals surface area (Å²) in [6, 6.07) is 11.1. The average molecular weight is 494 g/mol. The number of nitrogens with one attached hydrogen (secondary N) is 1. The maximum atomic E-state index is 13.1. The van der Waals surface area contributed by atoms with E-state index in [1.807, 2.05) is 36.4 Å². The van der Waals surface area contributed by atoms with E-state index in [2.05, 4.69) is 25.3 Å². The average Bonchev–Trinajstić information content (AvgIpc) is 3.54. The largest absolute Gasteiger partial charge is 0.380 e. The molecule has 182 valence electrons. The predicted molar refractivity (Wildman–Crippen MR) is 133 cm³/mol. The fourth-order valence-electron chi connectivity index (χ4n) is 4.26. The molecule has 0 radical (unpaired) electrons. The summed E-state index contributed by atoms with van der Waals surface area (Å²) in [7, 11) is 3.43. The number of pyridine rings is 1. The Balaban J connectivity index is 1.26. The van der Waals surface area contributed by atoms with Crippen molar-refractivity contribution in [1.29, 1.82) is 0 Å². The molecule has 1 N–H and O–H groups in total. The van der Waals surface area contributed by atoms with Gasteiger partial charge in [-0.3, -0.25) is 9.59 Å². The number of anilines is 2. The van der Waals surface area contributed by atoms with Gasteiger partial charge in [-0.1, -0.05) is 30.3 Å². The van der Waals surface area contributed by atoms with Gasteiger partial charge in [0.15, 0.2) is 0 Å². The summed E-state index contributed by atoms with van der Waals surface area (Å²) < 4.78 is 7.07. The van der Waals surface area contributed by atoms with Gasteiger partial charge in [-0.25, -0.2) is 14.6 Å². The van der Waals surface area contributed by atoms with Crippen molar-refractivity contribution in [1.82, 2.24) is 25.1 Å². The van der Waals surface area contributed by atoms with Gasteiger partial charge in [0.1, 0.15) is 18.2 Å². The van der Waals surface area contributed by atoms with Crippen LogP contribution >= 0.6 is 11.8 Å². The quantitative estimate of drug-likeness (QED) is 0.554. The fourth-order valence-corrected chi connectivity index (χ4v) is 5.36. The lowest BCUT2D eigenvalue weighted by atomic mass is 10.2. The molecule has 2 aliphatic rings. The van der Waals surface area contributed by atoms with Gasteiger partial charge in [0.2, 0.25) is 11.7 Å². The van der Waals surface area contributed by atoms with E-state index >= 15 is 0 Å². The molecule has 2 amide bonds. The maximum Gasteiger partial charge on any atom is 0.291 e. The number of aromatic nitrogens is 4. The van der Waals surface area contributed by atoms with Crippen LogP contribution in [-0.4, -0.2) is 76.7 Å². The second kappa shape index (κ2) is 10.0. The number of hydrogen-bond acceptors (Lipinski definition) is 8. The molecule has 0 aliphatic carbocycles. The summed E-state index contributed by atoms with van der Waals surface area (Å²) in [4.78, 5) is 39.4. The molecule has 10 nitrogen and oxygen atoms in total. The summed E-state index contributed by atoms with van der Waals surface area (Å²) in [5, 5.41) is 7.10. The van der Waals surface area contributed by atoms with Crippen molar-refractivity contribution in [3.63, 3.8) is 0 Å². The minimum absolute atomic E-state index is 0.0360. The number of carbonyl (C=O) groups is 2. The summed E-state index contributed by atoms with van der Waals surface area (Å²) in [6.07, 6.45) is 4.42. The Morgan fingerprint density at radius 1 is 1.26 bits per heavy atom. The first-order chi connectivity index (χ1) is 17.0. The third kappa shape index (κ3) is 5.01. The van der Waals surface area contributed by atoms with E-state index in [4.69, 9.17) is 4.74 Å². The lowest BCUT2D eigenvalue weighted by molar-refractivity contribution is -0.119. The number of methoxy groups -OCH3 is 1. The summed E-state index contributed by atoms with van der Waals surface area (Å²) in [5.74, 6) is 0.623. The Morgan fingerprint density at radius 2 is 2.09 bits per heavy atom. The molecule has 11 heteroatoms. The maximum absolute atomic E-state index is 13.1. The Morgan fingerprint density at radius 3 is 2.86 bits per heavy atom. The van der Waals surface area contributed by atoms with Crippen LogP contribution in [0, 0.1) is 0 Å². The predicted octanol–water partition coefficient (Wildman–Crippen LogP) is 1.81. The van der Waals surface area contributed by atoms with Gasteiger partial charge in [0.25, 0.3) is 5.91 Å². The number of benzene rings is 1. The molecular weight excluding hydrogens is 466 g/mol. The number of hydrogen-bond donors (Lipinski definition) is 1. The van der Waals surface area contributed by atoms with E-state index in [1.165, 1.54) is 18.1 Å². The molecule has 1 fully saturated rings. The van der Waals surface area contributed by atoms with Crippen molar-refractivity contribution in [3.8, 4) is 0 Å². The normalized spacial score (nSPS) is 20.0. The zero-order valence-corrected chi connectivity index (χ0v) is 20.4. The first-order valence-corrected chi connectivity index (χ1v) is 12.4. The van der Waals surface area contributed by atoms with Crippen LogP contribution in [-0.2, 0) is 16.1 Å². The zero-order valence-electron chi connectivity index (χ0n) is 19.6. The first kappa shape index (κ1) is 23.3. The van der Waals surface area contributed by atoms with Gasteiger partial charge >= 0.3 is 0 Å². The number of amides is 2. The highest BCUT2D eigenvalue weighted by atomic mass is 32.2. The Hall–Kier alpha value is -3.44. The SMILES string of the molecule is CO[C@H]1CCN(c2cc3c(cn2)N(C)C(=O)[C@@H](NC(=O)c2ncn(Cc4ccccc4)n2)CS3)C1. The van der Waals surface area contributed by atoms with Crippen LogP contribution in [0.4, 0.5) is 11.5 Å². The molecule has 1 saturated heterocycles. The first-order valence-electron chi connectivity index (χ1n) is 11.4. The second-order valence-electron chi connectivity index (χ2n) is 8.59. The van der Waals surface area contributed by atoms with Crippen LogP contribution in [0.25, 0.3) is 0 Å². The third-order valence-electron chi connectivity index (χ3n) is 6.26. The van der Waals surface area contributed by atoms with Crippen LogP contribution in [0.2, 0.25) is 0 Å². The van der Waals surface area contributed by atoms with Crippen molar-refractivity contribution in [2.24, 2.45) is 0 Å². The summed E-state index contributed by atoms with van der Waals surface area (Å²) in [5.41, 5.74) is 1.78. The van der Waals surface area contributed by atoms with Crippen molar-refractivity contribution >= 4 is 35.1 Å². The molecular formula is C24H27N7O3S. The lowest BCUT2D eigenvalue weighted by Gasteiger charge is -2.22. The molecule has 0 bridgehead atoms. The number of fused-ring (bicyclic) bond motifs is 1. The Kier molecular flexibility index (Phi) is 6.69. The van der Waals surface area contributed by atoms with Gasteiger partial charge in [-0.2, -0.15) is 0 Å².